The molecule has 172 valence electrons. The molecule has 0 spiro atoms. The summed E-state index contributed by atoms with van der Waals surface area (Å²) in [6.07, 6.45) is 6.04. The number of piperidine rings is 1. The molecular formula is C19H30N6O4S2. The minimum Gasteiger partial charge on any atom is -0.384 e. The van der Waals surface area contributed by atoms with Gasteiger partial charge < -0.3 is 16.4 Å². The number of nitrogens with one attached hydrogen (secondary N) is 2. The molecule has 2 aliphatic heterocycles. The fourth-order valence-corrected chi connectivity index (χ4v) is 5.75. The molecule has 3 rings (SSSR count). The maximum Gasteiger partial charge on any atom is 0.243 e. The van der Waals surface area contributed by atoms with Crippen LogP contribution in [0.2, 0.25) is 0 Å². The van der Waals surface area contributed by atoms with Crippen molar-refractivity contribution in [3.8, 4) is 0 Å². The van der Waals surface area contributed by atoms with Gasteiger partial charge in [0.1, 0.15) is 15.7 Å². The van der Waals surface area contributed by atoms with Gasteiger partial charge in [-0.3, -0.25) is 5.73 Å². The quantitative estimate of drug-likeness (QED) is 0.362. The van der Waals surface area contributed by atoms with Crippen molar-refractivity contribution in [3.63, 3.8) is 0 Å². The Morgan fingerprint density at radius 1 is 1.26 bits per heavy atom. The third-order valence-electron chi connectivity index (χ3n) is 5.36. The van der Waals surface area contributed by atoms with Crippen molar-refractivity contribution in [2.45, 2.75) is 23.5 Å². The van der Waals surface area contributed by atoms with Crippen LogP contribution in [0, 0.1) is 5.92 Å². The van der Waals surface area contributed by atoms with Crippen LogP contribution in [0.15, 0.2) is 46.4 Å². The molecule has 10 nitrogen and oxygen atoms in total. The summed E-state index contributed by atoms with van der Waals surface area (Å²) in [6, 6.07) is 6.31. The number of nitrogens with two attached hydrogens (primary N) is 2. The second-order valence-corrected chi connectivity index (χ2v) is 12.2. The zero-order valence-electron chi connectivity index (χ0n) is 17.5. The number of amidine groups is 1. The number of sulfone groups is 1. The van der Waals surface area contributed by atoms with E-state index in [1.807, 2.05) is 0 Å². The van der Waals surface area contributed by atoms with Crippen LogP contribution in [-0.4, -0.2) is 65.2 Å². The summed E-state index contributed by atoms with van der Waals surface area (Å²) in [6.45, 7) is 1.79. The van der Waals surface area contributed by atoms with E-state index in [4.69, 9.17) is 11.5 Å². The van der Waals surface area contributed by atoms with Gasteiger partial charge in [0, 0.05) is 37.7 Å². The Balaban J connectivity index is 1.65. The Kier molecular flexibility index (Phi) is 7.06. The first-order chi connectivity index (χ1) is 14.5. The van der Waals surface area contributed by atoms with Crippen molar-refractivity contribution in [1.29, 1.82) is 0 Å². The summed E-state index contributed by atoms with van der Waals surface area (Å²) in [5, 5.41) is 6.05. The molecule has 2 aliphatic rings. The lowest BCUT2D eigenvalue weighted by atomic mass is 10.00. The fourth-order valence-electron chi connectivity index (χ4n) is 3.68. The fraction of sp³-hybridized carbons (Fsp3) is 0.526. The predicted octanol–water partition coefficient (Wildman–Crippen LogP) is -0.735. The Hall–Kier alpha value is -1.99. The van der Waals surface area contributed by atoms with Gasteiger partial charge in [0.05, 0.1) is 10.6 Å². The second kappa shape index (κ2) is 9.25. The highest BCUT2D eigenvalue weighted by Gasteiger charge is 2.32. The van der Waals surface area contributed by atoms with Crippen LogP contribution in [-0.2, 0) is 25.6 Å². The van der Waals surface area contributed by atoms with Crippen molar-refractivity contribution in [1.82, 2.24) is 14.9 Å². The number of hydrogen-bond donors (Lipinski definition) is 4. The third kappa shape index (κ3) is 6.04. The molecule has 0 aromatic heterocycles. The van der Waals surface area contributed by atoms with Crippen LogP contribution in [0.1, 0.15) is 18.4 Å². The first-order valence-electron chi connectivity index (χ1n) is 10.1. The highest BCUT2D eigenvalue weighted by Crippen LogP contribution is 2.26. The van der Waals surface area contributed by atoms with Crippen molar-refractivity contribution in [3.05, 3.63) is 42.1 Å². The van der Waals surface area contributed by atoms with Gasteiger partial charge in [0.25, 0.3) is 0 Å². The summed E-state index contributed by atoms with van der Waals surface area (Å²) >= 11 is 0. The van der Waals surface area contributed by atoms with Gasteiger partial charge in [-0.1, -0.05) is 12.1 Å². The van der Waals surface area contributed by atoms with E-state index in [0.717, 1.165) is 12.8 Å². The molecule has 1 aromatic rings. The standard InChI is InChI=1S/C19H30N6O4S2/c1-30(26,27)12-10-22-13-15-3-2-11-25(14-15)31(28,29)17-6-4-16(5-7-17)19(21)23-9-8-18(20)24-19/h4-9,15,22-23H,2-3,10-14,21H2,1H3,(H2,20,24). The maximum atomic E-state index is 13.1. The van der Waals surface area contributed by atoms with E-state index < -0.39 is 25.6 Å². The molecule has 1 fully saturated rings. The van der Waals surface area contributed by atoms with Crippen LogP contribution >= 0.6 is 0 Å². The van der Waals surface area contributed by atoms with Crippen molar-refractivity contribution in [2.24, 2.45) is 22.4 Å². The maximum absolute atomic E-state index is 13.1. The summed E-state index contributed by atoms with van der Waals surface area (Å²) in [7, 11) is -6.67. The average molecular weight is 471 g/mol. The van der Waals surface area contributed by atoms with Crippen LogP contribution < -0.4 is 22.1 Å². The zero-order valence-corrected chi connectivity index (χ0v) is 19.1. The molecule has 0 radical (unpaired) electrons. The van der Waals surface area contributed by atoms with E-state index in [9.17, 15) is 16.8 Å². The molecule has 0 bridgehead atoms. The van der Waals surface area contributed by atoms with E-state index >= 15 is 0 Å². The number of rotatable bonds is 8. The van der Waals surface area contributed by atoms with Crippen LogP contribution in [0.4, 0.5) is 0 Å². The smallest absolute Gasteiger partial charge is 0.243 e. The molecule has 1 aromatic carbocycles. The third-order valence-corrected chi connectivity index (χ3v) is 8.18. The topological polar surface area (TPSA) is 160 Å². The number of hydrogen-bond acceptors (Lipinski definition) is 9. The number of nitrogens with zero attached hydrogens (tertiary/aromatic N) is 2. The van der Waals surface area contributed by atoms with Gasteiger partial charge in [-0.05, 0) is 43.5 Å². The van der Waals surface area contributed by atoms with Gasteiger partial charge >= 0.3 is 0 Å². The summed E-state index contributed by atoms with van der Waals surface area (Å²) in [5.41, 5.74) is 12.6. The molecular weight excluding hydrogens is 440 g/mol. The first kappa shape index (κ1) is 23.7. The summed E-state index contributed by atoms with van der Waals surface area (Å²) in [5.74, 6) is -0.765. The van der Waals surface area contributed by atoms with Crippen LogP contribution in [0.5, 0.6) is 0 Å². The predicted molar refractivity (Wildman–Crippen MR) is 120 cm³/mol. The van der Waals surface area contributed by atoms with Crippen LogP contribution in [0.25, 0.3) is 0 Å². The van der Waals surface area contributed by atoms with Gasteiger partial charge in [0.15, 0.2) is 0 Å². The molecule has 0 amide bonds. The first-order valence-corrected chi connectivity index (χ1v) is 13.6. The number of benzene rings is 1. The minimum absolute atomic E-state index is 0.0665. The van der Waals surface area contributed by atoms with Crippen molar-refractivity contribution >= 4 is 25.7 Å². The largest absolute Gasteiger partial charge is 0.384 e. The average Bonchev–Trinajstić information content (AvgIpc) is 2.71. The Morgan fingerprint density at radius 2 is 1.97 bits per heavy atom. The van der Waals surface area contributed by atoms with E-state index in [0.29, 0.717) is 31.7 Å². The zero-order chi connectivity index (χ0) is 22.7. The second-order valence-electron chi connectivity index (χ2n) is 8.01. The minimum atomic E-state index is -3.65. The molecule has 6 N–H and O–H groups in total. The van der Waals surface area contributed by atoms with Crippen molar-refractivity contribution < 1.29 is 16.8 Å². The molecule has 12 heteroatoms. The highest BCUT2D eigenvalue weighted by atomic mass is 32.2. The lowest BCUT2D eigenvalue weighted by Gasteiger charge is -2.32. The van der Waals surface area contributed by atoms with Gasteiger partial charge in [-0.25, -0.2) is 21.8 Å². The highest BCUT2D eigenvalue weighted by molar-refractivity contribution is 7.90. The molecule has 2 atom stereocenters. The Labute approximate surface area is 183 Å². The SMILES string of the molecule is CS(=O)(=O)CCNCC1CCCN(S(=O)(=O)c2ccc(C3(N)N=C(N)C=CN3)cc2)C1. The van der Waals surface area contributed by atoms with E-state index in [2.05, 4.69) is 15.6 Å². The molecule has 2 unspecified atom stereocenters. The van der Waals surface area contributed by atoms with Gasteiger partial charge in [0.2, 0.25) is 15.8 Å². The molecule has 0 aliphatic carbocycles. The van der Waals surface area contributed by atoms with Crippen molar-refractivity contribution in [2.75, 3.05) is 38.2 Å². The molecule has 2 heterocycles. The molecule has 0 saturated carbocycles. The van der Waals surface area contributed by atoms with E-state index in [1.54, 1.807) is 24.4 Å². The Morgan fingerprint density at radius 3 is 2.61 bits per heavy atom. The lowest BCUT2D eigenvalue weighted by Crippen LogP contribution is -2.49. The monoisotopic (exact) mass is 470 g/mol. The Bertz CT molecular complexity index is 1050. The molecule has 31 heavy (non-hydrogen) atoms. The van der Waals surface area contributed by atoms with Gasteiger partial charge in [-0.15, -0.1) is 0 Å². The van der Waals surface area contributed by atoms with Gasteiger partial charge in [-0.2, -0.15) is 4.31 Å². The van der Waals surface area contributed by atoms with Crippen LogP contribution in [0.3, 0.4) is 0 Å². The van der Waals surface area contributed by atoms with E-state index in [-0.39, 0.29) is 22.4 Å². The normalized spacial score (nSPS) is 25.1. The lowest BCUT2D eigenvalue weighted by molar-refractivity contribution is 0.261. The molecule has 1 saturated heterocycles. The van der Waals surface area contributed by atoms with E-state index in [1.165, 1.54) is 22.7 Å². The summed E-state index contributed by atoms with van der Waals surface area (Å²) < 4.78 is 50.2. The number of sulfonamides is 1. The number of aliphatic imine (C=N–C) groups is 1. The summed E-state index contributed by atoms with van der Waals surface area (Å²) in [4.78, 5) is 4.39.